The number of carbonyl (C=O) groups excluding carboxylic acids is 1. The lowest BCUT2D eigenvalue weighted by Crippen LogP contribution is -2.47. The van der Waals surface area contributed by atoms with Crippen molar-refractivity contribution in [3.8, 4) is 0 Å². The predicted molar refractivity (Wildman–Crippen MR) is 65.6 cm³/mol. The van der Waals surface area contributed by atoms with Crippen molar-refractivity contribution in [3.63, 3.8) is 0 Å². The first-order valence-corrected chi connectivity index (χ1v) is 6.22. The molecule has 0 spiro atoms. The first kappa shape index (κ1) is 12.2. The van der Waals surface area contributed by atoms with Crippen LogP contribution in [0.3, 0.4) is 0 Å². The van der Waals surface area contributed by atoms with Crippen LogP contribution in [0.15, 0.2) is 16.5 Å². The maximum Gasteiger partial charge on any atom is 0.196 e. The van der Waals surface area contributed by atoms with Gasteiger partial charge in [0.15, 0.2) is 17.9 Å². The molecule has 2 atom stereocenters. The molecule has 2 heterocycles. The highest BCUT2D eigenvalue weighted by atomic mass is 16.5. The molecular weight excluding hydrogens is 218 g/mol. The highest BCUT2D eigenvalue weighted by molar-refractivity contribution is 5.71. The van der Waals surface area contributed by atoms with Crippen LogP contribution in [0, 0.1) is 0 Å². The summed E-state index contributed by atoms with van der Waals surface area (Å²) in [5, 5.41) is 0. The normalized spacial score (nSPS) is 24.9. The second-order valence-corrected chi connectivity index (χ2v) is 4.40. The fourth-order valence-corrected chi connectivity index (χ4v) is 2.13. The molecule has 1 fully saturated rings. The molecular formula is C13H19NO3. The van der Waals surface area contributed by atoms with E-state index in [2.05, 4.69) is 18.7 Å². The lowest BCUT2D eigenvalue weighted by Gasteiger charge is -2.37. The van der Waals surface area contributed by atoms with Crippen molar-refractivity contribution in [3.05, 3.63) is 17.9 Å². The summed E-state index contributed by atoms with van der Waals surface area (Å²) in [4.78, 5) is 12.8. The quantitative estimate of drug-likeness (QED) is 0.754. The van der Waals surface area contributed by atoms with Gasteiger partial charge in [-0.2, -0.15) is 0 Å². The van der Waals surface area contributed by atoms with Crippen LogP contribution in [-0.2, 0) is 4.74 Å². The Labute approximate surface area is 102 Å². The van der Waals surface area contributed by atoms with E-state index in [1.165, 1.54) is 0 Å². The van der Waals surface area contributed by atoms with Crippen LogP contribution < -0.4 is 4.90 Å². The van der Waals surface area contributed by atoms with E-state index in [1.807, 2.05) is 6.07 Å². The zero-order valence-corrected chi connectivity index (χ0v) is 10.4. The van der Waals surface area contributed by atoms with Crippen LogP contribution in [0.4, 0.5) is 5.88 Å². The SMILES string of the molecule is CCC1CN(c2ccc(C=O)o2)CC(CC)O1. The maximum atomic E-state index is 10.6. The molecule has 1 aliphatic heterocycles. The summed E-state index contributed by atoms with van der Waals surface area (Å²) < 4.78 is 11.4. The summed E-state index contributed by atoms with van der Waals surface area (Å²) >= 11 is 0. The molecule has 1 aliphatic rings. The third-order valence-electron chi connectivity index (χ3n) is 3.18. The molecule has 0 aliphatic carbocycles. The highest BCUT2D eigenvalue weighted by Crippen LogP contribution is 2.24. The first-order chi connectivity index (χ1) is 8.26. The summed E-state index contributed by atoms with van der Waals surface area (Å²) in [6.45, 7) is 5.91. The zero-order valence-electron chi connectivity index (χ0n) is 10.4. The minimum Gasteiger partial charge on any atom is -0.438 e. The van der Waals surface area contributed by atoms with Gasteiger partial charge in [-0.1, -0.05) is 13.8 Å². The van der Waals surface area contributed by atoms with Gasteiger partial charge in [0.2, 0.25) is 0 Å². The number of hydrogen-bond donors (Lipinski definition) is 0. The van der Waals surface area contributed by atoms with E-state index in [0.717, 1.165) is 38.1 Å². The molecule has 2 rings (SSSR count). The van der Waals surface area contributed by atoms with Crippen LogP contribution in [0.5, 0.6) is 0 Å². The predicted octanol–water partition coefficient (Wildman–Crippen LogP) is 2.49. The molecule has 0 bridgehead atoms. The summed E-state index contributed by atoms with van der Waals surface area (Å²) in [6, 6.07) is 3.56. The number of carbonyl (C=O) groups is 1. The molecule has 4 heteroatoms. The third-order valence-corrected chi connectivity index (χ3v) is 3.18. The summed E-state index contributed by atoms with van der Waals surface area (Å²) in [5.41, 5.74) is 0. The molecule has 0 amide bonds. The lowest BCUT2D eigenvalue weighted by molar-refractivity contribution is -0.0296. The Hall–Kier alpha value is -1.29. The molecule has 0 N–H and O–H groups in total. The maximum absolute atomic E-state index is 10.6. The van der Waals surface area contributed by atoms with Crippen LogP contribution in [-0.4, -0.2) is 31.6 Å². The van der Waals surface area contributed by atoms with Crippen LogP contribution in [0.1, 0.15) is 37.2 Å². The lowest BCUT2D eigenvalue weighted by atomic mass is 10.1. The molecule has 4 nitrogen and oxygen atoms in total. The van der Waals surface area contributed by atoms with Gasteiger partial charge >= 0.3 is 0 Å². The largest absolute Gasteiger partial charge is 0.438 e. The fraction of sp³-hybridized carbons (Fsp3) is 0.615. The average molecular weight is 237 g/mol. The summed E-state index contributed by atoms with van der Waals surface area (Å²) in [6.07, 6.45) is 3.22. The zero-order chi connectivity index (χ0) is 12.3. The van der Waals surface area contributed by atoms with E-state index in [-0.39, 0.29) is 12.2 Å². The van der Waals surface area contributed by atoms with Crippen molar-refractivity contribution >= 4 is 12.2 Å². The number of rotatable bonds is 4. The smallest absolute Gasteiger partial charge is 0.196 e. The van der Waals surface area contributed by atoms with Crippen molar-refractivity contribution < 1.29 is 13.9 Å². The Morgan fingerprint density at radius 2 is 1.94 bits per heavy atom. The number of aldehydes is 1. The second kappa shape index (κ2) is 5.36. The van der Waals surface area contributed by atoms with Gasteiger partial charge < -0.3 is 14.1 Å². The van der Waals surface area contributed by atoms with E-state index in [4.69, 9.17) is 9.15 Å². The Morgan fingerprint density at radius 1 is 1.29 bits per heavy atom. The van der Waals surface area contributed by atoms with E-state index >= 15 is 0 Å². The van der Waals surface area contributed by atoms with Crippen molar-refractivity contribution in [2.24, 2.45) is 0 Å². The molecule has 1 saturated heterocycles. The Morgan fingerprint density at radius 3 is 2.41 bits per heavy atom. The van der Waals surface area contributed by atoms with Crippen LogP contribution >= 0.6 is 0 Å². The second-order valence-electron chi connectivity index (χ2n) is 4.40. The Kier molecular flexibility index (Phi) is 3.84. The van der Waals surface area contributed by atoms with Crippen molar-refractivity contribution in [1.82, 2.24) is 0 Å². The highest BCUT2D eigenvalue weighted by Gasteiger charge is 2.27. The number of furan rings is 1. The topological polar surface area (TPSA) is 42.7 Å². The third kappa shape index (κ3) is 2.69. The first-order valence-electron chi connectivity index (χ1n) is 6.22. The minimum absolute atomic E-state index is 0.249. The molecule has 2 unspecified atom stereocenters. The number of anilines is 1. The van der Waals surface area contributed by atoms with E-state index < -0.39 is 0 Å². The van der Waals surface area contributed by atoms with Gasteiger partial charge in [0, 0.05) is 19.2 Å². The molecule has 0 radical (unpaired) electrons. The summed E-state index contributed by atoms with van der Waals surface area (Å²) in [5.74, 6) is 1.15. The van der Waals surface area contributed by atoms with E-state index in [9.17, 15) is 4.79 Å². The van der Waals surface area contributed by atoms with Crippen molar-refractivity contribution in [2.75, 3.05) is 18.0 Å². The van der Waals surface area contributed by atoms with Gasteiger partial charge in [0.25, 0.3) is 0 Å². The minimum atomic E-state index is 0.249. The van der Waals surface area contributed by atoms with Gasteiger partial charge in [-0.3, -0.25) is 4.79 Å². The molecule has 1 aromatic heterocycles. The van der Waals surface area contributed by atoms with Crippen molar-refractivity contribution in [2.45, 2.75) is 38.9 Å². The monoisotopic (exact) mass is 237 g/mol. The summed E-state index contributed by atoms with van der Waals surface area (Å²) in [7, 11) is 0. The fourth-order valence-electron chi connectivity index (χ4n) is 2.13. The Bertz CT molecular complexity index is 362. The van der Waals surface area contributed by atoms with Crippen LogP contribution in [0.25, 0.3) is 0 Å². The van der Waals surface area contributed by atoms with Gasteiger partial charge in [-0.05, 0) is 18.9 Å². The number of nitrogens with zero attached hydrogens (tertiary/aromatic N) is 1. The standard InChI is InChI=1S/C13H19NO3/c1-3-10-7-14(8-11(4-2)16-10)13-6-5-12(9-15)17-13/h5-6,9-11H,3-4,7-8H2,1-2H3. The van der Waals surface area contributed by atoms with E-state index in [1.54, 1.807) is 6.07 Å². The molecule has 0 aromatic carbocycles. The number of hydrogen-bond acceptors (Lipinski definition) is 4. The number of ether oxygens (including phenoxy) is 1. The molecule has 0 saturated carbocycles. The molecule has 94 valence electrons. The van der Waals surface area contributed by atoms with Gasteiger partial charge in [0.1, 0.15) is 0 Å². The number of morpholine rings is 1. The van der Waals surface area contributed by atoms with E-state index in [0.29, 0.717) is 5.76 Å². The molecule has 17 heavy (non-hydrogen) atoms. The van der Waals surface area contributed by atoms with Crippen LogP contribution in [0.2, 0.25) is 0 Å². The van der Waals surface area contributed by atoms with Gasteiger partial charge in [-0.25, -0.2) is 0 Å². The average Bonchev–Trinajstić information content (AvgIpc) is 2.86. The van der Waals surface area contributed by atoms with Gasteiger partial charge in [-0.15, -0.1) is 0 Å². The Balaban J connectivity index is 2.10. The van der Waals surface area contributed by atoms with Crippen molar-refractivity contribution in [1.29, 1.82) is 0 Å². The molecule has 1 aromatic rings. The van der Waals surface area contributed by atoms with Gasteiger partial charge in [0.05, 0.1) is 12.2 Å².